The predicted molar refractivity (Wildman–Crippen MR) is 50.2 cm³/mol. The molecule has 0 spiro atoms. The molecular weight excluding hydrogens is 221 g/mol. The van der Waals surface area contributed by atoms with Gasteiger partial charge in [0.15, 0.2) is 0 Å². The third kappa shape index (κ3) is 4.09. The predicted octanol–water partition coefficient (Wildman–Crippen LogP) is 2.09. The van der Waals surface area contributed by atoms with Gasteiger partial charge in [0.2, 0.25) is 5.91 Å². The summed E-state index contributed by atoms with van der Waals surface area (Å²) in [5.41, 5.74) is 0. The minimum atomic E-state index is -4.28. The number of carbonyl (C=O) groups excluding carboxylic acids is 1. The molecule has 0 radical (unpaired) electrons. The van der Waals surface area contributed by atoms with E-state index in [0.29, 0.717) is 25.9 Å². The lowest BCUT2D eigenvalue weighted by molar-refractivity contribution is -0.149. The Bertz CT molecular complexity index is 287. The Kier molecular flexibility index (Phi) is 4.16. The molecule has 0 aromatic carbocycles. The van der Waals surface area contributed by atoms with Crippen molar-refractivity contribution in [2.45, 2.75) is 31.9 Å². The average Bonchev–Trinajstić information content (AvgIpc) is 2.25. The van der Waals surface area contributed by atoms with Crippen LogP contribution in [-0.4, -0.2) is 30.1 Å². The van der Waals surface area contributed by atoms with Crippen molar-refractivity contribution < 1.29 is 18.0 Å². The van der Waals surface area contributed by atoms with Crippen molar-refractivity contribution in [2.75, 3.05) is 13.1 Å². The van der Waals surface area contributed by atoms with Gasteiger partial charge >= 0.3 is 6.18 Å². The highest BCUT2D eigenvalue weighted by Crippen LogP contribution is 2.23. The molecule has 1 amide bonds. The maximum absolute atomic E-state index is 11.9. The molecule has 1 heterocycles. The molecule has 0 bridgehead atoms. The molecular formula is C10H13F3N2O. The maximum atomic E-state index is 11.9. The number of halogens is 3. The molecule has 1 aliphatic heterocycles. The monoisotopic (exact) mass is 234 g/mol. The number of rotatable bonds is 2. The van der Waals surface area contributed by atoms with Crippen LogP contribution in [0.5, 0.6) is 0 Å². The van der Waals surface area contributed by atoms with Gasteiger partial charge in [0, 0.05) is 25.4 Å². The first-order valence-electron chi connectivity index (χ1n) is 5.16. The molecule has 3 nitrogen and oxygen atoms in total. The van der Waals surface area contributed by atoms with Crippen LogP contribution >= 0.6 is 0 Å². The minimum absolute atomic E-state index is 0.0633. The zero-order chi connectivity index (χ0) is 12.2. The number of amides is 1. The van der Waals surface area contributed by atoms with Gasteiger partial charge in [0.1, 0.15) is 0 Å². The number of nitrogens with zero attached hydrogens (tertiary/aromatic N) is 2. The highest BCUT2D eigenvalue weighted by atomic mass is 19.4. The van der Waals surface area contributed by atoms with Gasteiger partial charge in [-0.25, -0.2) is 0 Å². The van der Waals surface area contributed by atoms with E-state index in [2.05, 4.69) is 6.07 Å². The van der Waals surface area contributed by atoms with Crippen LogP contribution in [0.1, 0.15) is 25.7 Å². The smallest absolute Gasteiger partial charge is 0.343 e. The van der Waals surface area contributed by atoms with E-state index in [1.54, 1.807) is 0 Å². The lowest BCUT2D eigenvalue weighted by Crippen LogP contribution is -2.38. The SMILES string of the molecule is N#CC1CCN(C(=O)CCC(F)(F)F)CC1. The summed E-state index contributed by atoms with van der Waals surface area (Å²) in [6.45, 7) is 0.795. The standard InChI is InChI=1S/C10H13F3N2O/c11-10(12,13)4-1-9(16)15-5-2-8(7-14)3-6-15/h8H,1-6H2. The molecule has 0 atom stereocenters. The zero-order valence-electron chi connectivity index (χ0n) is 8.76. The van der Waals surface area contributed by atoms with Crippen LogP contribution in [0.25, 0.3) is 0 Å². The number of piperidine rings is 1. The number of hydrogen-bond donors (Lipinski definition) is 0. The van der Waals surface area contributed by atoms with Gasteiger partial charge in [-0.1, -0.05) is 0 Å². The molecule has 1 saturated heterocycles. The minimum Gasteiger partial charge on any atom is -0.343 e. The number of alkyl halides is 3. The number of hydrogen-bond acceptors (Lipinski definition) is 2. The third-order valence-corrected chi connectivity index (χ3v) is 2.65. The Morgan fingerprint density at radius 2 is 1.94 bits per heavy atom. The first-order valence-corrected chi connectivity index (χ1v) is 5.16. The fourth-order valence-corrected chi connectivity index (χ4v) is 1.66. The topological polar surface area (TPSA) is 44.1 Å². The molecule has 0 aliphatic carbocycles. The molecule has 0 aromatic rings. The summed E-state index contributed by atoms with van der Waals surface area (Å²) >= 11 is 0. The van der Waals surface area contributed by atoms with Gasteiger partial charge < -0.3 is 4.90 Å². The molecule has 0 N–H and O–H groups in total. The van der Waals surface area contributed by atoms with E-state index in [1.807, 2.05) is 0 Å². The summed E-state index contributed by atoms with van der Waals surface area (Å²) in [6.07, 6.45) is -4.70. The van der Waals surface area contributed by atoms with E-state index in [-0.39, 0.29) is 5.92 Å². The highest BCUT2D eigenvalue weighted by molar-refractivity contribution is 5.76. The number of carbonyl (C=O) groups is 1. The Hall–Kier alpha value is -1.25. The highest BCUT2D eigenvalue weighted by Gasteiger charge is 2.30. The quantitative estimate of drug-likeness (QED) is 0.734. The largest absolute Gasteiger partial charge is 0.389 e. The Labute approximate surface area is 91.8 Å². The average molecular weight is 234 g/mol. The lowest BCUT2D eigenvalue weighted by atomic mass is 9.98. The van der Waals surface area contributed by atoms with Crippen molar-refractivity contribution in [3.8, 4) is 6.07 Å². The van der Waals surface area contributed by atoms with Crippen LogP contribution in [0, 0.1) is 17.2 Å². The van der Waals surface area contributed by atoms with Crippen molar-refractivity contribution in [2.24, 2.45) is 5.92 Å². The van der Waals surface area contributed by atoms with Crippen LogP contribution in [0.2, 0.25) is 0 Å². The second-order valence-electron chi connectivity index (χ2n) is 3.90. The van der Waals surface area contributed by atoms with Crippen molar-refractivity contribution in [3.05, 3.63) is 0 Å². The van der Waals surface area contributed by atoms with Gasteiger partial charge in [0.25, 0.3) is 0 Å². The van der Waals surface area contributed by atoms with E-state index in [0.717, 1.165) is 0 Å². The van der Waals surface area contributed by atoms with Crippen molar-refractivity contribution in [3.63, 3.8) is 0 Å². The van der Waals surface area contributed by atoms with Crippen molar-refractivity contribution in [1.82, 2.24) is 4.90 Å². The first-order chi connectivity index (χ1) is 7.42. The van der Waals surface area contributed by atoms with Crippen LogP contribution in [0.15, 0.2) is 0 Å². The van der Waals surface area contributed by atoms with Crippen molar-refractivity contribution >= 4 is 5.91 Å². The fraction of sp³-hybridized carbons (Fsp3) is 0.800. The van der Waals surface area contributed by atoms with Gasteiger partial charge in [-0.05, 0) is 12.8 Å². The molecule has 16 heavy (non-hydrogen) atoms. The van der Waals surface area contributed by atoms with E-state index in [1.165, 1.54) is 4.90 Å². The van der Waals surface area contributed by atoms with E-state index < -0.39 is 24.9 Å². The third-order valence-electron chi connectivity index (χ3n) is 2.65. The Morgan fingerprint density at radius 3 is 2.38 bits per heavy atom. The van der Waals surface area contributed by atoms with Crippen LogP contribution in [0.3, 0.4) is 0 Å². The van der Waals surface area contributed by atoms with Gasteiger partial charge in [-0.2, -0.15) is 18.4 Å². The van der Waals surface area contributed by atoms with Gasteiger partial charge in [0.05, 0.1) is 12.5 Å². The van der Waals surface area contributed by atoms with E-state index >= 15 is 0 Å². The second kappa shape index (κ2) is 5.19. The zero-order valence-corrected chi connectivity index (χ0v) is 8.76. The molecule has 0 unspecified atom stereocenters. The molecule has 1 rings (SSSR count). The van der Waals surface area contributed by atoms with Crippen LogP contribution in [0.4, 0.5) is 13.2 Å². The lowest BCUT2D eigenvalue weighted by Gasteiger charge is -2.29. The van der Waals surface area contributed by atoms with E-state index in [4.69, 9.17) is 5.26 Å². The van der Waals surface area contributed by atoms with Crippen molar-refractivity contribution in [1.29, 1.82) is 5.26 Å². The molecule has 90 valence electrons. The maximum Gasteiger partial charge on any atom is 0.389 e. The molecule has 6 heteroatoms. The summed E-state index contributed by atoms with van der Waals surface area (Å²) in [4.78, 5) is 12.8. The Morgan fingerprint density at radius 1 is 1.38 bits per heavy atom. The normalized spacial score (nSPS) is 18.2. The summed E-state index contributed by atoms with van der Waals surface area (Å²) in [7, 11) is 0. The van der Waals surface area contributed by atoms with Crippen LogP contribution < -0.4 is 0 Å². The summed E-state index contributed by atoms with van der Waals surface area (Å²) in [6, 6.07) is 2.10. The summed E-state index contributed by atoms with van der Waals surface area (Å²) in [5, 5.41) is 8.62. The van der Waals surface area contributed by atoms with Crippen LogP contribution in [-0.2, 0) is 4.79 Å². The van der Waals surface area contributed by atoms with E-state index in [9.17, 15) is 18.0 Å². The fourth-order valence-electron chi connectivity index (χ4n) is 1.66. The van der Waals surface area contributed by atoms with Gasteiger partial charge in [-0.3, -0.25) is 4.79 Å². The molecule has 1 aliphatic rings. The Balaban J connectivity index is 2.31. The number of nitriles is 1. The second-order valence-corrected chi connectivity index (χ2v) is 3.90. The molecule has 0 aromatic heterocycles. The number of likely N-dealkylation sites (tertiary alicyclic amines) is 1. The summed E-state index contributed by atoms with van der Waals surface area (Å²) in [5.74, 6) is -0.527. The van der Waals surface area contributed by atoms with Gasteiger partial charge in [-0.15, -0.1) is 0 Å². The molecule has 1 fully saturated rings. The summed E-state index contributed by atoms with van der Waals surface area (Å²) < 4.78 is 35.7. The molecule has 0 saturated carbocycles. The first kappa shape index (κ1) is 12.8.